The van der Waals surface area contributed by atoms with E-state index in [9.17, 15) is 13.7 Å². The second-order valence-corrected chi connectivity index (χ2v) is 4.48. The van der Waals surface area contributed by atoms with Gasteiger partial charge in [0.15, 0.2) is 4.87 Å². The molecule has 1 N–H and O–H groups in total. The molecule has 0 bridgehead atoms. The lowest BCUT2D eigenvalue weighted by atomic mass is 10.0. The number of anilines is 1. The highest BCUT2D eigenvalue weighted by Gasteiger charge is 2.24. The first-order valence-corrected chi connectivity index (χ1v) is 5.94. The molecule has 0 aromatic heterocycles. The number of hydrazine groups is 1. The van der Waals surface area contributed by atoms with E-state index < -0.39 is 0 Å². The fourth-order valence-electron chi connectivity index (χ4n) is 2.27. The van der Waals surface area contributed by atoms with E-state index in [-0.39, 0.29) is 11.6 Å². The minimum atomic E-state index is -0.382. The van der Waals surface area contributed by atoms with Crippen LogP contribution in [0, 0.1) is 16.5 Å². The van der Waals surface area contributed by atoms with Crippen LogP contribution in [0.5, 0.6) is 0 Å². The molecule has 1 heterocycles. The standard InChI is InChI=1S/C14H11F2N2O/c15-11-3-5-13-9(7-11)1-2-10-8-12(16)4-6-14(10)18(19)17-13/h3-8H,1-2H2,(H,17,19)/q+1. The molecule has 0 fully saturated rings. The normalized spacial score (nSPS) is 13.9. The van der Waals surface area contributed by atoms with Crippen molar-refractivity contribution >= 4 is 11.4 Å². The van der Waals surface area contributed by atoms with Crippen LogP contribution in [0.2, 0.25) is 0 Å². The smallest absolute Gasteiger partial charge is 0.207 e. The first-order valence-electron chi connectivity index (χ1n) is 5.94. The fraction of sp³-hybridized carbons (Fsp3) is 0.143. The second-order valence-electron chi connectivity index (χ2n) is 4.48. The van der Waals surface area contributed by atoms with Crippen LogP contribution in [0.25, 0.3) is 0 Å². The number of benzene rings is 2. The van der Waals surface area contributed by atoms with Gasteiger partial charge in [0.05, 0.1) is 4.91 Å². The number of rotatable bonds is 0. The summed E-state index contributed by atoms with van der Waals surface area (Å²) in [6.45, 7) is 0. The lowest BCUT2D eigenvalue weighted by Gasteiger charge is -2.11. The molecule has 1 aliphatic rings. The summed E-state index contributed by atoms with van der Waals surface area (Å²) in [4.78, 5) is 12.6. The Labute approximate surface area is 108 Å². The Balaban J connectivity index is 2.06. The van der Waals surface area contributed by atoms with Crippen molar-refractivity contribution in [1.82, 2.24) is 0 Å². The van der Waals surface area contributed by atoms with Gasteiger partial charge in [-0.05, 0) is 48.7 Å². The van der Waals surface area contributed by atoms with Crippen LogP contribution in [-0.2, 0) is 12.8 Å². The third-order valence-corrected chi connectivity index (χ3v) is 3.21. The Morgan fingerprint density at radius 3 is 2.37 bits per heavy atom. The molecule has 0 saturated carbocycles. The van der Waals surface area contributed by atoms with Gasteiger partial charge in [-0.1, -0.05) is 0 Å². The van der Waals surface area contributed by atoms with E-state index in [0.717, 1.165) is 0 Å². The summed E-state index contributed by atoms with van der Waals surface area (Å²) in [5, 5.41) is 0. The predicted molar refractivity (Wildman–Crippen MR) is 67.1 cm³/mol. The maximum absolute atomic E-state index is 13.2. The van der Waals surface area contributed by atoms with Gasteiger partial charge in [0, 0.05) is 11.6 Å². The highest BCUT2D eigenvalue weighted by Crippen LogP contribution is 2.28. The SMILES string of the molecule is O=[N+]1Nc2ccc(F)cc2CCc2cc(F)ccc21. The maximum Gasteiger partial charge on any atom is 0.295 e. The van der Waals surface area contributed by atoms with Crippen molar-refractivity contribution in [3.63, 3.8) is 0 Å². The molecular weight excluding hydrogens is 250 g/mol. The quantitative estimate of drug-likeness (QED) is 0.736. The monoisotopic (exact) mass is 261 g/mol. The Morgan fingerprint density at radius 2 is 1.58 bits per heavy atom. The largest absolute Gasteiger partial charge is 0.295 e. The topological polar surface area (TPSA) is 32.1 Å². The molecule has 0 spiro atoms. The molecule has 3 nitrogen and oxygen atoms in total. The van der Waals surface area contributed by atoms with Crippen molar-refractivity contribution in [2.45, 2.75) is 12.8 Å². The third-order valence-electron chi connectivity index (χ3n) is 3.21. The van der Waals surface area contributed by atoms with Gasteiger partial charge in [0.25, 0.3) is 5.69 Å². The Bertz CT molecular complexity index is 670. The molecule has 0 unspecified atom stereocenters. The number of nitroso groups, excluding NO2 is 1. The Morgan fingerprint density at radius 1 is 0.947 bits per heavy atom. The minimum Gasteiger partial charge on any atom is -0.207 e. The van der Waals surface area contributed by atoms with Gasteiger partial charge in [-0.2, -0.15) is 0 Å². The van der Waals surface area contributed by atoms with E-state index in [1.165, 1.54) is 36.4 Å². The van der Waals surface area contributed by atoms with Gasteiger partial charge in [0.2, 0.25) is 0 Å². The molecular formula is C14H11F2N2O+. The van der Waals surface area contributed by atoms with Crippen molar-refractivity contribution in [1.29, 1.82) is 0 Å². The summed E-state index contributed by atoms with van der Waals surface area (Å²) < 4.78 is 26.4. The number of halogens is 2. The molecule has 0 amide bonds. The molecule has 5 heteroatoms. The molecule has 0 atom stereocenters. The second kappa shape index (κ2) is 4.42. The average Bonchev–Trinajstić information content (AvgIpc) is 2.37. The van der Waals surface area contributed by atoms with Crippen LogP contribution in [0.1, 0.15) is 11.1 Å². The van der Waals surface area contributed by atoms with E-state index in [0.29, 0.717) is 40.2 Å². The number of nitrogens with one attached hydrogen (secondary N) is 1. The molecule has 3 rings (SSSR count). The molecule has 0 saturated heterocycles. The Hall–Kier alpha value is -2.30. The highest BCUT2D eigenvalue weighted by molar-refractivity contribution is 5.53. The predicted octanol–water partition coefficient (Wildman–Crippen LogP) is 3.50. The van der Waals surface area contributed by atoms with E-state index >= 15 is 0 Å². The van der Waals surface area contributed by atoms with Crippen molar-refractivity contribution in [3.8, 4) is 0 Å². The zero-order chi connectivity index (χ0) is 13.4. The molecule has 2 aromatic rings. The van der Waals surface area contributed by atoms with Crippen molar-refractivity contribution in [3.05, 3.63) is 64.1 Å². The zero-order valence-corrected chi connectivity index (χ0v) is 9.99. The van der Waals surface area contributed by atoms with E-state index in [1.807, 2.05) is 0 Å². The van der Waals surface area contributed by atoms with Crippen LogP contribution in [-0.4, -0.2) is 4.87 Å². The number of nitrogens with zero attached hydrogens (tertiary/aromatic N) is 1. The summed E-state index contributed by atoms with van der Waals surface area (Å²) in [6.07, 6.45) is 1.04. The Kier molecular flexibility index (Phi) is 2.74. The summed E-state index contributed by atoms with van der Waals surface area (Å²) >= 11 is 0. The lowest BCUT2D eigenvalue weighted by Crippen LogP contribution is -2.16. The van der Waals surface area contributed by atoms with E-state index in [4.69, 9.17) is 0 Å². The van der Waals surface area contributed by atoms with Gasteiger partial charge in [-0.25, -0.2) is 8.78 Å². The average molecular weight is 261 g/mol. The van der Waals surface area contributed by atoms with Gasteiger partial charge in [-0.15, -0.1) is 5.43 Å². The van der Waals surface area contributed by atoms with Gasteiger partial charge in [0.1, 0.15) is 17.3 Å². The molecule has 1 aliphatic heterocycles. The molecule has 2 aromatic carbocycles. The molecule has 19 heavy (non-hydrogen) atoms. The minimum absolute atomic E-state index is 0.349. The first kappa shape index (κ1) is 11.8. The van der Waals surface area contributed by atoms with E-state index in [2.05, 4.69) is 5.43 Å². The van der Waals surface area contributed by atoms with Crippen LogP contribution in [0.4, 0.5) is 20.2 Å². The molecule has 0 radical (unpaired) electrons. The zero-order valence-electron chi connectivity index (χ0n) is 9.99. The maximum atomic E-state index is 13.2. The summed E-state index contributed by atoms with van der Waals surface area (Å²) in [6, 6.07) is 8.25. The van der Waals surface area contributed by atoms with Crippen LogP contribution < -0.4 is 5.43 Å². The molecule has 96 valence electrons. The van der Waals surface area contributed by atoms with Crippen molar-refractivity contribution < 1.29 is 13.6 Å². The number of hydrogen-bond donors (Lipinski definition) is 1. The summed E-state index contributed by atoms with van der Waals surface area (Å²) in [5.74, 6) is -0.731. The van der Waals surface area contributed by atoms with Crippen LogP contribution in [0.15, 0.2) is 36.4 Å². The number of fused-ring (bicyclic) bond motifs is 2. The third kappa shape index (κ3) is 2.19. The van der Waals surface area contributed by atoms with Gasteiger partial charge in [-0.3, -0.25) is 0 Å². The summed E-state index contributed by atoms with van der Waals surface area (Å²) in [7, 11) is 0. The number of hydrogen-bond acceptors (Lipinski definition) is 1. The van der Waals surface area contributed by atoms with Gasteiger partial charge < -0.3 is 0 Å². The number of aryl methyl sites for hydroxylation is 2. The van der Waals surface area contributed by atoms with Crippen molar-refractivity contribution in [2.75, 3.05) is 5.43 Å². The van der Waals surface area contributed by atoms with Crippen LogP contribution in [0.3, 0.4) is 0 Å². The first-order chi connectivity index (χ1) is 9.13. The van der Waals surface area contributed by atoms with Crippen LogP contribution >= 0.6 is 0 Å². The lowest BCUT2D eigenvalue weighted by molar-refractivity contribution is -0.428. The van der Waals surface area contributed by atoms with Crippen molar-refractivity contribution in [2.24, 2.45) is 0 Å². The molecule has 0 aliphatic carbocycles. The summed E-state index contributed by atoms with van der Waals surface area (Å²) in [5.41, 5.74) is 4.93. The van der Waals surface area contributed by atoms with E-state index in [1.54, 1.807) is 0 Å². The van der Waals surface area contributed by atoms with Gasteiger partial charge >= 0.3 is 0 Å². The fourth-order valence-corrected chi connectivity index (χ4v) is 2.27. The highest BCUT2D eigenvalue weighted by atomic mass is 19.1.